The lowest BCUT2D eigenvalue weighted by atomic mass is 10.4. The van der Waals surface area contributed by atoms with E-state index in [-0.39, 0.29) is 26.5 Å². The minimum atomic E-state index is -3.94. The van der Waals surface area contributed by atoms with E-state index in [1.165, 1.54) is 37.8 Å². The topological polar surface area (TPSA) is 81.2 Å². The van der Waals surface area contributed by atoms with Gasteiger partial charge in [0.15, 0.2) is 11.6 Å². The number of halogens is 2. The zero-order valence-electron chi connectivity index (χ0n) is 10.2. The Morgan fingerprint density at radius 2 is 2.05 bits per heavy atom. The second-order valence-corrected chi connectivity index (χ2v) is 6.03. The van der Waals surface area contributed by atoms with Crippen molar-refractivity contribution in [2.24, 2.45) is 0 Å². The van der Waals surface area contributed by atoms with Gasteiger partial charge >= 0.3 is 0 Å². The van der Waals surface area contributed by atoms with E-state index in [1.54, 1.807) is 0 Å². The van der Waals surface area contributed by atoms with Gasteiger partial charge in [-0.1, -0.05) is 29.3 Å². The van der Waals surface area contributed by atoms with Crippen LogP contribution >= 0.6 is 23.2 Å². The van der Waals surface area contributed by atoms with Crippen molar-refractivity contribution in [3.05, 3.63) is 40.8 Å². The van der Waals surface area contributed by atoms with Crippen LogP contribution in [0.3, 0.4) is 0 Å². The van der Waals surface area contributed by atoms with Crippen LogP contribution in [0.15, 0.2) is 35.6 Å². The number of ether oxygens (including phenoxy) is 1. The minimum absolute atomic E-state index is 0.0125. The molecule has 6 nitrogen and oxygen atoms in total. The van der Waals surface area contributed by atoms with Crippen LogP contribution in [0.2, 0.25) is 10.0 Å². The molecule has 0 aliphatic heterocycles. The van der Waals surface area contributed by atoms with Crippen LogP contribution in [0.1, 0.15) is 0 Å². The highest BCUT2D eigenvalue weighted by Gasteiger charge is 2.21. The monoisotopic (exact) mass is 333 g/mol. The molecule has 2 aromatic rings. The van der Waals surface area contributed by atoms with Gasteiger partial charge in [-0.2, -0.15) is 0 Å². The Bertz CT molecular complexity index is 737. The average molecular weight is 334 g/mol. The van der Waals surface area contributed by atoms with E-state index in [9.17, 15) is 8.42 Å². The van der Waals surface area contributed by atoms with Crippen molar-refractivity contribution >= 4 is 39.0 Å². The van der Waals surface area contributed by atoms with Gasteiger partial charge in [-0.25, -0.2) is 18.4 Å². The van der Waals surface area contributed by atoms with Gasteiger partial charge in [0, 0.05) is 0 Å². The summed E-state index contributed by atoms with van der Waals surface area (Å²) in [5.74, 6) is 0.202. The summed E-state index contributed by atoms with van der Waals surface area (Å²) in [4.78, 5) is 7.40. The second kappa shape index (κ2) is 5.82. The van der Waals surface area contributed by atoms with Crippen LogP contribution in [0.25, 0.3) is 0 Å². The number of hydrogen-bond acceptors (Lipinski definition) is 5. The fraction of sp³-hybridized carbons (Fsp3) is 0.0909. The van der Waals surface area contributed by atoms with Gasteiger partial charge in [0.05, 0.1) is 23.4 Å². The van der Waals surface area contributed by atoms with E-state index in [4.69, 9.17) is 27.9 Å². The number of methoxy groups -OCH3 is 1. The molecule has 2 rings (SSSR count). The standard InChI is InChI=1S/C11H9Cl2N3O3S/c1-19-8-5-14-6-15-11(8)16-20(17,18)9-4-2-3-7(12)10(9)13/h2-6H,1H3,(H,14,15,16). The Morgan fingerprint density at radius 1 is 1.30 bits per heavy atom. The normalized spacial score (nSPS) is 11.2. The minimum Gasteiger partial charge on any atom is -0.491 e. The summed E-state index contributed by atoms with van der Waals surface area (Å²) in [7, 11) is -2.56. The SMILES string of the molecule is COc1cncnc1NS(=O)(=O)c1cccc(Cl)c1Cl. The maximum absolute atomic E-state index is 12.3. The molecular weight excluding hydrogens is 325 g/mol. The Hall–Kier alpha value is -1.57. The van der Waals surface area contributed by atoms with Crippen LogP contribution < -0.4 is 9.46 Å². The molecule has 1 N–H and O–H groups in total. The van der Waals surface area contributed by atoms with Gasteiger partial charge in [-0.3, -0.25) is 4.72 Å². The predicted octanol–water partition coefficient (Wildman–Crippen LogP) is 2.59. The summed E-state index contributed by atoms with van der Waals surface area (Å²) >= 11 is 11.7. The molecule has 106 valence electrons. The highest BCUT2D eigenvalue weighted by Crippen LogP contribution is 2.31. The van der Waals surface area contributed by atoms with Gasteiger partial charge in [0.1, 0.15) is 11.2 Å². The largest absolute Gasteiger partial charge is 0.491 e. The third-order valence-corrected chi connectivity index (χ3v) is 4.65. The van der Waals surface area contributed by atoms with Crippen molar-refractivity contribution in [1.82, 2.24) is 9.97 Å². The number of rotatable bonds is 4. The van der Waals surface area contributed by atoms with E-state index in [2.05, 4.69) is 14.7 Å². The lowest BCUT2D eigenvalue weighted by molar-refractivity contribution is 0.413. The lowest BCUT2D eigenvalue weighted by Gasteiger charge is -2.11. The molecule has 0 atom stereocenters. The molecule has 0 bridgehead atoms. The van der Waals surface area contributed by atoms with Crippen molar-refractivity contribution in [2.45, 2.75) is 4.90 Å². The highest BCUT2D eigenvalue weighted by molar-refractivity contribution is 7.92. The molecule has 0 radical (unpaired) electrons. The molecule has 0 aliphatic carbocycles. The third kappa shape index (κ3) is 2.95. The Labute approximate surface area is 125 Å². The number of sulfonamides is 1. The van der Waals surface area contributed by atoms with E-state index >= 15 is 0 Å². The Kier molecular flexibility index (Phi) is 4.32. The molecular formula is C11H9Cl2N3O3S. The number of anilines is 1. The molecule has 0 unspecified atom stereocenters. The molecule has 0 saturated carbocycles. The Morgan fingerprint density at radius 3 is 2.75 bits per heavy atom. The van der Waals surface area contributed by atoms with Crippen molar-refractivity contribution < 1.29 is 13.2 Å². The van der Waals surface area contributed by atoms with Crippen LogP contribution in [0.4, 0.5) is 5.82 Å². The van der Waals surface area contributed by atoms with E-state index in [1.807, 2.05) is 0 Å². The van der Waals surface area contributed by atoms with E-state index in [0.29, 0.717) is 0 Å². The first-order valence-electron chi connectivity index (χ1n) is 5.26. The van der Waals surface area contributed by atoms with Crippen molar-refractivity contribution in [3.63, 3.8) is 0 Å². The summed E-state index contributed by atoms with van der Waals surface area (Å²) in [6, 6.07) is 4.32. The molecule has 1 heterocycles. The van der Waals surface area contributed by atoms with Crippen LogP contribution in [0.5, 0.6) is 5.75 Å². The van der Waals surface area contributed by atoms with Gasteiger partial charge in [-0.05, 0) is 12.1 Å². The smallest absolute Gasteiger partial charge is 0.264 e. The second-order valence-electron chi connectivity index (χ2n) is 3.60. The van der Waals surface area contributed by atoms with Crippen molar-refractivity contribution in [3.8, 4) is 5.75 Å². The third-order valence-electron chi connectivity index (χ3n) is 2.34. The number of aromatic nitrogens is 2. The molecule has 0 aliphatic rings. The summed E-state index contributed by atoms with van der Waals surface area (Å²) < 4.78 is 31.8. The van der Waals surface area contributed by atoms with Crippen LogP contribution in [-0.2, 0) is 10.0 Å². The Balaban J connectivity index is 2.44. The number of benzene rings is 1. The first-order valence-corrected chi connectivity index (χ1v) is 7.50. The van der Waals surface area contributed by atoms with Crippen molar-refractivity contribution in [1.29, 1.82) is 0 Å². The first kappa shape index (κ1) is 14.8. The van der Waals surface area contributed by atoms with Gasteiger partial charge in [-0.15, -0.1) is 0 Å². The van der Waals surface area contributed by atoms with Gasteiger partial charge < -0.3 is 4.74 Å². The average Bonchev–Trinajstić information content (AvgIpc) is 2.42. The quantitative estimate of drug-likeness (QED) is 0.929. The summed E-state index contributed by atoms with van der Waals surface area (Å²) in [5, 5.41) is 0.0823. The van der Waals surface area contributed by atoms with Crippen LogP contribution in [-0.4, -0.2) is 25.5 Å². The summed E-state index contributed by atoms with van der Waals surface area (Å²) in [6.45, 7) is 0. The molecule has 9 heteroatoms. The van der Waals surface area contributed by atoms with E-state index < -0.39 is 10.0 Å². The summed E-state index contributed by atoms with van der Waals surface area (Å²) in [6.07, 6.45) is 2.53. The molecule has 1 aromatic heterocycles. The fourth-order valence-electron chi connectivity index (χ4n) is 1.42. The molecule has 0 spiro atoms. The van der Waals surface area contributed by atoms with Crippen LogP contribution in [0, 0.1) is 0 Å². The zero-order valence-corrected chi connectivity index (χ0v) is 12.5. The summed E-state index contributed by atoms with van der Waals surface area (Å²) in [5.41, 5.74) is 0. The van der Waals surface area contributed by atoms with Gasteiger partial charge in [0.25, 0.3) is 10.0 Å². The van der Waals surface area contributed by atoms with E-state index in [0.717, 1.165) is 0 Å². The molecule has 0 saturated heterocycles. The molecule has 0 amide bonds. The number of nitrogens with zero attached hydrogens (tertiary/aromatic N) is 2. The predicted molar refractivity (Wildman–Crippen MR) is 75.9 cm³/mol. The van der Waals surface area contributed by atoms with Gasteiger partial charge in [0.2, 0.25) is 0 Å². The van der Waals surface area contributed by atoms with Crippen molar-refractivity contribution in [2.75, 3.05) is 11.8 Å². The molecule has 20 heavy (non-hydrogen) atoms. The number of hydrogen-bond donors (Lipinski definition) is 1. The fourth-order valence-corrected chi connectivity index (χ4v) is 3.20. The zero-order chi connectivity index (χ0) is 14.8. The molecule has 1 aromatic carbocycles. The number of nitrogens with one attached hydrogen (secondary N) is 1. The maximum Gasteiger partial charge on any atom is 0.264 e. The molecule has 0 fully saturated rings. The maximum atomic E-state index is 12.3. The first-order chi connectivity index (χ1) is 9.45. The highest BCUT2D eigenvalue weighted by atomic mass is 35.5. The lowest BCUT2D eigenvalue weighted by Crippen LogP contribution is -2.15.